The van der Waals surface area contributed by atoms with Gasteiger partial charge in [-0.25, -0.2) is 0 Å². The molecule has 1 aliphatic heterocycles. The van der Waals surface area contributed by atoms with E-state index in [9.17, 15) is 4.79 Å². The molecule has 0 unspecified atom stereocenters. The number of hydrogen-bond donors (Lipinski definition) is 4. The van der Waals surface area contributed by atoms with Crippen molar-refractivity contribution >= 4 is 34.7 Å². The Labute approximate surface area is 175 Å². The number of fused-ring (bicyclic) bond motifs is 2. The molecule has 1 amide bonds. The summed E-state index contributed by atoms with van der Waals surface area (Å²) in [5, 5.41) is 13.1. The van der Waals surface area contributed by atoms with Crippen LogP contribution in [0.25, 0.3) is 0 Å². The van der Waals surface area contributed by atoms with Gasteiger partial charge in [-0.2, -0.15) is 0 Å². The molecule has 0 spiro atoms. The molecule has 0 bridgehead atoms. The fourth-order valence-electron chi connectivity index (χ4n) is 3.20. The number of nitrogens with one attached hydrogen (secondary N) is 4. The normalized spacial score (nSPS) is 11.8. The van der Waals surface area contributed by atoms with E-state index in [2.05, 4.69) is 45.5 Å². The maximum atomic E-state index is 12.7. The Hall–Kier alpha value is -2.96. The molecule has 148 valence electrons. The number of amides is 1. The predicted octanol–water partition coefficient (Wildman–Crippen LogP) is 4.46. The van der Waals surface area contributed by atoms with E-state index in [0.29, 0.717) is 18.7 Å². The van der Waals surface area contributed by atoms with E-state index in [1.54, 1.807) is 11.8 Å². The van der Waals surface area contributed by atoms with Gasteiger partial charge in [0.2, 0.25) is 0 Å². The third kappa shape index (κ3) is 4.55. The Morgan fingerprint density at radius 2 is 1.76 bits per heavy atom. The molecule has 5 nitrogen and oxygen atoms in total. The van der Waals surface area contributed by atoms with Crippen molar-refractivity contribution in [3.63, 3.8) is 0 Å². The third-order valence-electron chi connectivity index (χ3n) is 4.72. The second-order valence-electron chi connectivity index (χ2n) is 6.82. The van der Waals surface area contributed by atoms with Gasteiger partial charge in [-0.3, -0.25) is 4.79 Å². The van der Waals surface area contributed by atoms with E-state index < -0.39 is 0 Å². The molecule has 0 fully saturated rings. The first kappa shape index (κ1) is 19.4. The highest BCUT2D eigenvalue weighted by molar-refractivity contribution is 7.99. The summed E-state index contributed by atoms with van der Waals surface area (Å²) in [4.78, 5) is 14.9. The number of likely N-dealkylation sites (N-methyl/N-ethyl adjacent to an activating group) is 1. The third-order valence-corrected chi connectivity index (χ3v) is 5.84. The van der Waals surface area contributed by atoms with Crippen LogP contribution < -0.4 is 21.3 Å². The molecule has 3 aromatic carbocycles. The minimum atomic E-state index is -0.0646. The van der Waals surface area contributed by atoms with Crippen LogP contribution in [0.1, 0.15) is 15.9 Å². The summed E-state index contributed by atoms with van der Waals surface area (Å²) in [6.45, 7) is 2.01. The van der Waals surface area contributed by atoms with Gasteiger partial charge in [0.25, 0.3) is 5.91 Å². The molecule has 1 aliphatic rings. The molecule has 0 atom stereocenters. The largest absolute Gasteiger partial charge is 0.379 e. The summed E-state index contributed by atoms with van der Waals surface area (Å²) >= 11 is 1.68. The first-order valence-electron chi connectivity index (χ1n) is 9.67. The SMILES string of the molecule is CNCCNC(=O)c1cc(NCc2ccccc2)c2c(c1)Sc1ccccc1N2. The lowest BCUT2D eigenvalue weighted by Gasteiger charge is -2.25. The Bertz CT molecular complexity index is 1010. The molecule has 6 heteroatoms. The second kappa shape index (κ2) is 9.03. The smallest absolute Gasteiger partial charge is 0.251 e. The Morgan fingerprint density at radius 1 is 0.966 bits per heavy atom. The number of benzene rings is 3. The van der Waals surface area contributed by atoms with Crippen molar-refractivity contribution in [3.05, 3.63) is 77.9 Å². The molecule has 4 N–H and O–H groups in total. The van der Waals surface area contributed by atoms with Crippen LogP contribution in [0.5, 0.6) is 0 Å². The monoisotopic (exact) mass is 404 g/mol. The first-order valence-corrected chi connectivity index (χ1v) is 10.5. The van der Waals surface area contributed by atoms with Gasteiger partial charge in [0.1, 0.15) is 0 Å². The zero-order chi connectivity index (χ0) is 20.1. The minimum absolute atomic E-state index is 0.0646. The van der Waals surface area contributed by atoms with Gasteiger partial charge in [0.05, 0.1) is 17.1 Å². The Morgan fingerprint density at radius 3 is 2.59 bits per heavy atom. The van der Waals surface area contributed by atoms with Gasteiger partial charge in [0, 0.05) is 35.0 Å². The minimum Gasteiger partial charge on any atom is -0.379 e. The summed E-state index contributed by atoms with van der Waals surface area (Å²) in [5.74, 6) is -0.0646. The van der Waals surface area contributed by atoms with Gasteiger partial charge < -0.3 is 21.3 Å². The van der Waals surface area contributed by atoms with Gasteiger partial charge >= 0.3 is 0 Å². The van der Waals surface area contributed by atoms with E-state index in [0.717, 1.165) is 33.4 Å². The van der Waals surface area contributed by atoms with Gasteiger partial charge in [-0.05, 0) is 36.9 Å². The number of anilines is 3. The maximum absolute atomic E-state index is 12.7. The van der Waals surface area contributed by atoms with Crippen molar-refractivity contribution in [1.29, 1.82) is 0 Å². The summed E-state index contributed by atoms with van der Waals surface area (Å²) < 4.78 is 0. The lowest BCUT2D eigenvalue weighted by Crippen LogP contribution is -2.30. The Kier molecular flexibility index (Phi) is 6.03. The summed E-state index contributed by atoms with van der Waals surface area (Å²) in [5.41, 5.74) is 4.86. The number of hydrogen-bond acceptors (Lipinski definition) is 5. The van der Waals surface area contributed by atoms with Crippen molar-refractivity contribution in [3.8, 4) is 0 Å². The molecule has 29 heavy (non-hydrogen) atoms. The quantitative estimate of drug-likeness (QED) is 0.343. The lowest BCUT2D eigenvalue weighted by molar-refractivity contribution is 0.0954. The standard InChI is InChI=1S/C23H24N4OS/c1-24-11-12-25-23(28)17-13-19(26-15-16-7-3-2-4-8-16)22-21(14-17)29-20-10-6-5-9-18(20)27-22/h2-10,13-14,24,26-27H,11-12,15H2,1H3,(H,25,28). The van der Waals surface area contributed by atoms with Crippen molar-refractivity contribution in [2.24, 2.45) is 0 Å². The first-order chi connectivity index (χ1) is 14.2. The van der Waals surface area contributed by atoms with Gasteiger partial charge in [0.15, 0.2) is 0 Å². The highest BCUT2D eigenvalue weighted by Gasteiger charge is 2.21. The van der Waals surface area contributed by atoms with Crippen LogP contribution in [0.2, 0.25) is 0 Å². The number of carbonyl (C=O) groups excluding carboxylic acids is 1. The van der Waals surface area contributed by atoms with E-state index >= 15 is 0 Å². The van der Waals surface area contributed by atoms with E-state index in [4.69, 9.17) is 0 Å². The lowest BCUT2D eigenvalue weighted by atomic mass is 10.1. The molecule has 0 saturated heterocycles. The van der Waals surface area contributed by atoms with Crippen LogP contribution in [0.3, 0.4) is 0 Å². The van der Waals surface area contributed by atoms with E-state index in [1.165, 1.54) is 5.56 Å². The van der Waals surface area contributed by atoms with Crippen molar-refractivity contribution < 1.29 is 4.79 Å². The second-order valence-corrected chi connectivity index (χ2v) is 7.90. The van der Waals surface area contributed by atoms with E-state index in [1.807, 2.05) is 49.5 Å². The molecule has 4 rings (SSSR count). The predicted molar refractivity (Wildman–Crippen MR) is 120 cm³/mol. The van der Waals surface area contributed by atoms with Crippen LogP contribution in [0.4, 0.5) is 17.1 Å². The molecular weight excluding hydrogens is 380 g/mol. The van der Waals surface area contributed by atoms with Crippen LogP contribution >= 0.6 is 11.8 Å². The fraction of sp³-hybridized carbons (Fsp3) is 0.174. The van der Waals surface area contributed by atoms with Crippen LogP contribution in [0, 0.1) is 0 Å². The average Bonchev–Trinajstić information content (AvgIpc) is 2.76. The molecular formula is C23H24N4OS. The zero-order valence-electron chi connectivity index (χ0n) is 16.3. The summed E-state index contributed by atoms with van der Waals surface area (Å²) in [7, 11) is 1.87. The van der Waals surface area contributed by atoms with Crippen molar-refractivity contribution in [2.45, 2.75) is 16.3 Å². The zero-order valence-corrected chi connectivity index (χ0v) is 17.1. The highest BCUT2D eigenvalue weighted by Crippen LogP contribution is 2.47. The molecule has 0 aliphatic carbocycles. The van der Waals surface area contributed by atoms with Crippen molar-refractivity contribution in [2.75, 3.05) is 30.8 Å². The average molecular weight is 405 g/mol. The fourth-order valence-corrected chi connectivity index (χ4v) is 4.27. The summed E-state index contributed by atoms with van der Waals surface area (Å²) in [6, 6.07) is 22.4. The highest BCUT2D eigenvalue weighted by atomic mass is 32.2. The number of para-hydroxylation sites is 1. The molecule has 0 radical (unpaired) electrons. The molecule has 0 saturated carbocycles. The van der Waals surface area contributed by atoms with Crippen LogP contribution in [-0.4, -0.2) is 26.0 Å². The maximum Gasteiger partial charge on any atom is 0.251 e. The van der Waals surface area contributed by atoms with Gasteiger partial charge in [-0.15, -0.1) is 0 Å². The Balaban J connectivity index is 1.64. The van der Waals surface area contributed by atoms with E-state index in [-0.39, 0.29) is 5.91 Å². The number of carbonyl (C=O) groups is 1. The molecule has 0 aromatic heterocycles. The van der Waals surface area contributed by atoms with Crippen LogP contribution in [0.15, 0.2) is 76.5 Å². The topological polar surface area (TPSA) is 65.2 Å². The molecule has 1 heterocycles. The van der Waals surface area contributed by atoms with Crippen LogP contribution in [-0.2, 0) is 6.54 Å². The van der Waals surface area contributed by atoms with Crippen molar-refractivity contribution in [1.82, 2.24) is 10.6 Å². The summed E-state index contributed by atoms with van der Waals surface area (Å²) in [6.07, 6.45) is 0. The molecule has 3 aromatic rings. The number of rotatable bonds is 7. The van der Waals surface area contributed by atoms with Gasteiger partial charge in [-0.1, -0.05) is 54.2 Å².